The normalized spacial score (nSPS) is 15.0. The monoisotopic (exact) mass is 368 g/mol. The van der Waals surface area contributed by atoms with E-state index >= 15 is 0 Å². The van der Waals surface area contributed by atoms with Gasteiger partial charge in [-0.05, 0) is 22.0 Å². The smallest absolute Gasteiger partial charge is 0.275 e. The number of nitrogens with one attached hydrogen (secondary N) is 1. The zero-order valence-corrected chi connectivity index (χ0v) is 13.5. The number of thiazole rings is 1. The molecule has 3 heterocycles. The Morgan fingerprint density at radius 1 is 1.38 bits per heavy atom. The number of rotatable bonds is 3. The molecule has 1 N–H and O–H groups in total. The van der Waals surface area contributed by atoms with Crippen LogP contribution in [-0.4, -0.2) is 42.2 Å². The first-order valence-corrected chi connectivity index (χ1v) is 8.10. The van der Waals surface area contributed by atoms with Gasteiger partial charge in [0.05, 0.1) is 25.1 Å². The number of hydrogen-bond donors (Lipinski definition) is 1. The molecule has 6 nitrogen and oxygen atoms in total. The van der Waals surface area contributed by atoms with Crippen molar-refractivity contribution in [3.63, 3.8) is 0 Å². The van der Waals surface area contributed by atoms with Crippen LogP contribution in [0.15, 0.2) is 28.3 Å². The summed E-state index contributed by atoms with van der Waals surface area (Å²) in [6.07, 6.45) is 3.26. The van der Waals surface area contributed by atoms with Crippen molar-refractivity contribution in [2.24, 2.45) is 0 Å². The summed E-state index contributed by atoms with van der Waals surface area (Å²) in [6.45, 7) is 3.02. The van der Waals surface area contributed by atoms with Crippen molar-refractivity contribution < 1.29 is 9.53 Å². The number of anilines is 2. The molecule has 1 aliphatic rings. The van der Waals surface area contributed by atoms with Gasteiger partial charge in [-0.2, -0.15) is 0 Å². The standard InChI is InChI=1S/C13H13BrN4O2S/c14-9-5-10(7-15-6-9)16-12(19)11-8-21-13(17-11)18-1-3-20-4-2-18/h5-8H,1-4H2,(H,16,19). The predicted octanol–water partition coefficient (Wildman–Crippen LogP) is 2.39. The zero-order chi connectivity index (χ0) is 14.7. The van der Waals surface area contributed by atoms with Crippen LogP contribution >= 0.6 is 27.3 Å². The Bertz CT molecular complexity index is 643. The fourth-order valence-electron chi connectivity index (χ4n) is 1.94. The Morgan fingerprint density at radius 2 is 2.19 bits per heavy atom. The summed E-state index contributed by atoms with van der Waals surface area (Å²) in [7, 11) is 0. The number of nitrogens with zero attached hydrogens (tertiary/aromatic N) is 3. The van der Waals surface area contributed by atoms with Gasteiger partial charge in [0.1, 0.15) is 5.69 Å². The number of pyridine rings is 1. The van der Waals surface area contributed by atoms with E-state index in [1.165, 1.54) is 11.3 Å². The maximum Gasteiger partial charge on any atom is 0.275 e. The first kappa shape index (κ1) is 14.4. The molecule has 0 radical (unpaired) electrons. The molecule has 0 aromatic carbocycles. The van der Waals surface area contributed by atoms with Gasteiger partial charge in [0.2, 0.25) is 0 Å². The number of hydrogen-bond acceptors (Lipinski definition) is 6. The molecule has 1 aliphatic heterocycles. The Morgan fingerprint density at radius 3 is 2.95 bits per heavy atom. The van der Waals surface area contributed by atoms with Crippen LogP contribution in [0.1, 0.15) is 10.5 Å². The van der Waals surface area contributed by atoms with Gasteiger partial charge in [-0.25, -0.2) is 4.98 Å². The maximum absolute atomic E-state index is 12.2. The van der Waals surface area contributed by atoms with Crippen molar-refractivity contribution in [3.05, 3.63) is 34.0 Å². The molecule has 0 atom stereocenters. The van der Waals surface area contributed by atoms with Crippen LogP contribution in [0.25, 0.3) is 0 Å². The third-order valence-corrected chi connectivity index (χ3v) is 4.30. The Hall–Kier alpha value is -1.51. The first-order valence-electron chi connectivity index (χ1n) is 6.42. The molecule has 0 saturated carbocycles. The highest BCUT2D eigenvalue weighted by Crippen LogP contribution is 2.22. The molecule has 3 rings (SSSR count). The first-order chi connectivity index (χ1) is 10.2. The lowest BCUT2D eigenvalue weighted by Crippen LogP contribution is -2.36. The Balaban J connectivity index is 1.69. The second-order valence-electron chi connectivity index (χ2n) is 4.46. The fraction of sp³-hybridized carbons (Fsp3) is 0.308. The summed E-state index contributed by atoms with van der Waals surface area (Å²) in [4.78, 5) is 22.7. The molecule has 0 bridgehead atoms. The number of aromatic nitrogens is 2. The van der Waals surface area contributed by atoms with Crippen molar-refractivity contribution in [2.45, 2.75) is 0 Å². The van der Waals surface area contributed by atoms with Crippen LogP contribution in [0, 0.1) is 0 Å². The van der Waals surface area contributed by atoms with Gasteiger partial charge in [-0.3, -0.25) is 9.78 Å². The Labute approximate surface area is 134 Å². The molecule has 1 fully saturated rings. The van der Waals surface area contributed by atoms with E-state index in [1.54, 1.807) is 23.8 Å². The number of carbonyl (C=O) groups is 1. The van der Waals surface area contributed by atoms with E-state index in [2.05, 4.69) is 36.1 Å². The molecule has 1 saturated heterocycles. The average molecular weight is 369 g/mol. The van der Waals surface area contributed by atoms with E-state index in [0.29, 0.717) is 24.6 Å². The van der Waals surface area contributed by atoms with Crippen molar-refractivity contribution in [2.75, 3.05) is 36.5 Å². The maximum atomic E-state index is 12.2. The Kier molecular flexibility index (Phi) is 4.47. The van der Waals surface area contributed by atoms with Crippen LogP contribution in [0.4, 0.5) is 10.8 Å². The van der Waals surface area contributed by atoms with Gasteiger partial charge in [-0.15, -0.1) is 11.3 Å². The highest BCUT2D eigenvalue weighted by atomic mass is 79.9. The summed E-state index contributed by atoms with van der Waals surface area (Å²) >= 11 is 4.79. The van der Waals surface area contributed by atoms with Gasteiger partial charge in [0, 0.05) is 29.1 Å². The molecule has 0 aliphatic carbocycles. The van der Waals surface area contributed by atoms with Crippen LogP contribution in [-0.2, 0) is 4.74 Å². The molecule has 2 aromatic rings. The predicted molar refractivity (Wildman–Crippen MR) is 85.0 cm³/mol. The summed E-state index contributed by atoms with van der Waals surface area (Å²) in [5.74, 6) is -0.231. The second kappa shape index (κ2) is 6.50. The average Bonchev–Trinajstić information content (AvgIpc) is 2.98. The lowest BCUT2D eigenvalue weighted by atomic mass is 10.4. The number of carbonyl (C=O) groups excluding carboxylic acids is 1. The fourth-order valence-corrected chi connectivity index (χ4v) is 3.17. The molecule has 0 spiro atoms. The lowest BCUT2D eigenvalue weighted by molar-refractivity contribution is 0.102. The topological polar surface area (TPSA) is 67.4 Å². The minimum atomic E-state index is -0.231. The molecule has 110 valence electrons. The molecule has 2 aromatic heterocycles. The van der Waals surface area contributed by atoms with Gasteiger partial charge in [0.25, 0.3) is 5.91 Å². The van der Waals surface area contributed by atoms with E-state index in [4.69, 9.17) is 4.74 Å². The van der Waals surface area contributed by atoms with Crippen molar-refractivity contribution in [3.8, 4) is 0 Å². The van der Waals surface area contributed by atoms with E-state index in [9.17, 15) is 4.79 Å². The van der Waals surface area contributed by atoms with Gasteiger partial charge >= 0.3 is 0 Å². The highest BCUT2D eigenvalue weighted by Gasteiger charge is 2.17. The van der Waals surface area contributed by atoms with Gasteiger partial charge < -0.3 is 15.0 Å². The third-order valence-electron chi connectivity index (χ3n) is 2.97. The molecular formula is C13H13BrN4O2S. The van der Waals surface area contributed by atoms with Crippen LogP contribution < -0.4 is 10.2 Å². The van der Waals surface area contributed by atoms with E-state index < -0.39 is 0 Å². The lowest BCUT2D eigenvalue weighted by Gasteiger charge is -2.25. The van der Waals surface area contributed by atoms with Crippen LogP contribution in [0.2, 0.25) is 0 Å². The van der Waals surface area contributed by atoms with Crippen molar-refractivity contribution >= 4 is 44.0 Å². The van der Waals surface area contributed by atoms with E-state index in [-0.39, 0.29) is 5.91 Å². The molecule has 8 heteroatoms. The van der Waals surface area contributed by atoms with Gasteiger partial charge in [-0.1, -0.05) is 0 Å². The summed E-state index contributed by atoms with van der Waals surface area (Å²) in [6, 6.07) is 1.79. The molecule has 21 heavy (non-hydrogen) atoms. The number of halogens is 1. The number of amides is 1. The molecule has 1 amide bonds. The SMILES string of the molecule is O=C(Nc1cncc(Br)c1)c1csc(N2CCOCC2)n1. The van der Waals surface area contributed by atoms with Crippen LogP contribution in [0.3, 0.4) is 0 Å². The van der Waals surface area contributed by atoms with E-state index in [0.717, 1.165) is 22.7 Å². The highest BCUT2D eigenvalue weighted by molar-refractivity contribution is 9.10. The third kappa shape index (κ3) is 3.58. The minimum absolute atomic E-state index is 0.231. The second-order valence-corrected chi connectivity index (χ2v) is 6.21. The zero-order valence-electron chi connectivity index (χ0n) is 11.1. The number of morpholine rings is 1. The van der Waals surface area contributed by atoms with E-state index in [1.807, 2.05) is 0 Å². The number of ether oxygens (including phenoxy) is 1. The van der Waals surface area contributed by atoms with Crippen molar-refractivity contribution in [1.29, 1.82) is 0 Å². The summed E-state index contributed by atoms with van der Waals surface area (Å²) in [5.41, 5.74) is 1.05. The summed E-state index contributed by atoms with van der Waals surface area (Å²) in [5, 5.41) is 5.41. The van der Waals surface area contributed by atoms with Crippen LogP contribution in [0.5, 0.6) is 0 Å². The minimum Gasteiger partial charge on any atom is -0.378 e. The quantitative estimate of drug-likeness (QED) is 0.900. The largest absolute Gasteiger partial charge is 0.378 e. The van der Waals surface area contributed by atoms with Gasteiger partial charge in [0.15, 0.2) is 5.13 Å². The summed E-state index contributed by atoms with van der Waals surface area (Å²) < 4.78 is 6.12. The van der Waals surface area contributed by atoms with Crippen molar-refractivity contribution in [1.82, 2.24) is 9.97 Å². The molecule has 0 unspecified atom stereocenters. The molecular weight excluding hydrogens is 356 g/mol.